The van der Waals surface area contributed by atoms with Crippen LogP contribution in [0.5, 0.6) is 0 Å². The first-order chi connectivity index (χ1) is 20.4. The lowest BCUT2D eigenvalue weighted by Gasteiger charge is -2.36. The van der Waals surface area contributed by atoms with E-state index in [9.17, 15) is 19.5 Å². The van der Waals surface area contributed by atoms with Gasteiger partial charge in [0.1, 0.15) is 6.61 Å². The summed E-state index contributed by atoms with van der Waals surface area (Å²) in [5, 5.41) is 12.9. The van der Waals surface area contributed by atoms with E-state index in [4.69, 9.17) is 9.47 Å². The van der Waals surface area contributed by atoms with Gasteiger partial charge in [-0.15, -0.1) is 13.2 Å². The second kappa shape index (κ2) is 17.9. The molecule has 0 unspecified atom stereocenters. The lowest BCUT2D eigenvalue weighted by Crippen LogP contribution is -2.49. The number of hydrogen-bond donors (Lipinski definition) is 2. The fourth-order valence-electron chi connectivity index (χ4n) is 5.02. The zero-order valence-corrected chi connectivity index (χ0v) is 24.4. The highest BCUT2D eigenvalue weighted by Gasteiger charge is 2.32. The van der Waals surface area contributed by atoms with E-state index in [1.165, 1.54) is 0 Å². The van der Waals surface area contributed by atoms with Crippen molar-refractivity contribution in [3.8, 4) is 0 Å². The van der Waals surface area contributed by atoms with Gasteiger partial charge in [0, 0.05) is 19.4 Å². The van der Waals surface area contributed by atoms with Crippen LogP contribution in [0.15, 0.2) is 79.9 Å². The van der Waals surface area contributed by atoms with Crippen LogP contribution in [0, 0.1) is 5.92 Å². The summed E-state index contributed by atoms with van der Waals surface area (Å²) in [5.74, 6) is -1.54. The minimum atomic E-state index is -0.669. The van der Waals surface area contributed by atoms with Crippen molar-refractivity contribution < 1.29 is 29.0 Å². The molecule has 0 fully saturated rings. The van der Waals surface area contributed by atoms with Gasteiger partial charge in [0.05, 0.1) is 37.8 Å². The SMILES string of the molecule is C=CCCCCC(=O)OC[C@H](COCc1ccccc1)NC(=O)[C@H](CC=C)CC(=O)N1Cc2ccccc2C[C@H]1CO. The number of nitrogens with one attached hydrogen (secondary N) is 1. The number of benzene rings is 2. The van der Waals surface area contributed by atoms with Gasteiger partial charge in [0.2, 0.25) is 11.8 Å². The Labute approximate surface area is 249 Å². The Morgan fingerprint density at radius 2 is 1.74 bits per heavy atom. The Morgan fingerprint density at radius 3 is 2.45 bits per heavy atom. The van der Waals surface area contributed by atoms with Crippen LogP contribution in [0.25, 0.3) is 0 Å². The third kappa shape index (κ3) is 10.6. The Morgan fingerprint density at radius 1 is 1.00 bits per heavy atom. The number of nitrogens with zero attached hydrogens (tertiary/aromatic N) is 1. The van der Waals surface area contributed by atoms with Crippen molar-refractivity contribution in [3.63, 3.8) is 0 Å². The largest absolute Gasteiger partial charge is 0.463 e. The smallest absolute Gasteiger partial charge is 0.305 e. The highest BCUT2D eigenvalue weighted by atomic mass is 16.5. The molecule has 0 radical (unpaired) electrons. The number of carbonyl (C=O) groups is 3. The quantitative estimate of drug-likeness (QED) is 0.154. The van der Waals surface area contributed by atoms with Gasteiger partial charge >= 0.3 is 5.97 Å². The number of aliphatic hydroxyl groups excluding tert-OH is 1. The van der Waals surface area contributed by atoms with E-state index in [2.05, 4.69) is 18.5 Å². The molecule has 8 heteroatoms. The van der Waals surface area contributed by atoms with Crippen molar-refractivity contribution in [3.05, 3.63) is 96.6 Å². The van der Waals surface area contributed by atoms with Crippen LogP contribution in [0.1, 0.15) is 55.2 Å². The molecule has 0 saturated carbocycles. The summed E-state index contributed by atoms with van der Waals surface area (Å²) in [4.78, 5) is 40.9. The summed E-state index contributed by atoms with van der Waals surface area (Å²) in [6, 6.07) is 16.6. The number of aliphatic hydroxyl groups is 1. The fraction of sp³-hybridized carbons (Fsp3) is 0.441. The van der Waals surface area contributed by atoms with Crippen molar-refractivity contribution in [1.29, 1.82) is 0 Å². The predicted octanol–water partition coefficient (Wildman–Crippen LogP) is 4.51. The van der Waals surface area contributed by atoms with Gasteiger partial charge in [0.25, 0.3) is 0 Å². The van der Waals surface area contributed by atoms with Crippen LogP contribution in [0.2, 0.25) is 0 Å². The first-order valence-electron chi connectivity index (χ1n) is 14.7. The van der Waals surface area contributed by atoms with Crippen molar-refractivity contribution in [2.75, 3.05) is 19.8 Å². The molecule has 0 saturated heterocycles. The normalized spacial score (nSPS) is 15.6. The highest BCUT2D eigenvalue weighted by molar-refractivity contribution is 5.86. The summed E-state index contributed by atoms with van der Waals surface area (Å²) in [6.07, 6.45) is 6.96. The molecule has 0 spiro atoms. The van der Waals surface area contributed by atoms with E-state index in [1.807, 2.05) is 60.7 Å². The number of rotatable bonds is 18. The molecule has 1 aliphatic heterocycles. The maximum Gasteiger partial charge on any atom is 0.305 e. The number of ether oxygens (including phenoxy) is 2. The minimum absolute atomic E-state index is 0.0306. The minimum Gasteiger partial charge on any atom is -0.463 e. The number of allylic oxidation sites excluding steroid dienone is 2. The molecule has 8 nitrogen and oxygen atoms in total. The van der Waals surface area contributed by atoms with Crippen LogP contribution < -0.4 is 5.32 Å². The van der Waals surface area contributed by atoms with Crippen LogP contribution in [-0.4, -0.2) is 59.7 Å². The third-order valence-corrected chi connectivity index (χ3v) is 7.39. The van der Waals surface area contributed by atoms with E-state index in [-0.39, 0.29) is 56.5 Å². The number of amides is 2. The first kappa shape index (κ1) is 32.8. The van der Waals surface area contributed by atoms with Gasteiger partial charge in [-0.3, -0.25) is 14.4 Å². The van der Waals surface area contributed by atoms with Crippen LogP contribution in [0.4, 0.5) is 0 Å². The number of unbranched alkanes of at least 4 members (excludes halogenated alkanes) is 2. The number of fused-ring (bicyclic) bond motifs is 1. The first-order valence-corrected chi connectivity index (χ1v) is 14.7. The topological polar surface area (TPSA) is 105 Å². The molecular weight excluding hydrogens is 532 g/mol. The predicted molar refractivity (Wildman–Crippen MR) is 162 cm³/mol. The zero-order chi connectivity index (χ0) is 30.2. The molecule has 2 amide bonds. The molecule has 1 heterocycles. The lowest BCUT2D eigenvalue weighted by molar-refractivity contribution is -0.146. The molecule has 0 bridgehead atoms. The van der Waals surface area contributed by atoms with Gasteiger partial charge in [-0.2, -0.15) is 0 Å². The maximum atomic E-state index is 13.4. The molecule has 1 aliphatic rings. The van der Waals surface area contributed by atoms with E-state index in [0.29, 0.717) is 32.4 Å². The average molecular weight is 577 g/mol. The number of carbonyl (C=O) groups excluding carboxylic acids is 3. The monoisotopic (exact) mass is 576 g/mol. The summed E-state index contributed by atoms with van der Waals surface area (Å²) >= 11 is 0. The lowest BCUT2D eigenvalue weighted by atomic mass is 9.92. The summed E-state index contributed by atoms with van der Waals surface area (Å²) in [5.41, 5.74) is 3.15. The maximum absolute atomic E-state index is 13.4. The molecule has 42 heavy (non-hydrogen) atoms. The van der Waals surface area contributed by atoms with Crippen molar-refractivity contribution in [1.82, 2.24) is 10.2 Å². The highest BCUT2D eigenvalue weighted by Crippen LogP contribution is 2.25. The molecule has 2 N–H and O–H groups in total. The van der Waals surface area contributed by atoms with Gasteiger partial charge in [-0.1, -0.05) is 66.7 Å². The molecule has 226 valence electrons. The van der Waals surface area contributed by atoms with E-state index < -0.39 is 12.0 Å². The van der Waals surface area contributed by atoms with Crippen molar-refractivity contribution in [2.24, 2.45) is 5.92 Å². The van der Waals surface area contributed by atoms with E-state index in [1.54, 1.807) is 11.0 Å². The molecule has 0 aromatic heterocycles. The molecule has 2 aromatic carbocycles. The van der Waals surface area contributed by atoms with E-state index in [0.717, 1.165) is 29.5 Å². The molecule has 0 aliphatic carbocycles. The molecule has 3 atom stereocenters. The molecule has 2 aromatic rings. The van der Waals surface area contributed by atoms with Gasteiger partial charge in [0.15, 0.2) is 0 Å². The zero-order valence-electron chi connectivity index (χ0n) is 24.4. The Hall–Kier alpha value is -3.75. The third-order valence-electron chi connectivity index (χ3n) is 7.39. The van der Waals surface area contributed by atoms with Crippen LogP contribution in [0.3, 0.4) is 0 Å². The standard InChI is InChI=1S/C34H44N2O6/c1-3-5-6-10-18-33(39)42-25-30(24-41-23-26-14-8-7-9-15-26)35-34(40)28(13-4-2)20-32(38)36-21-29-17-12-11-16-27(29)19-31(36)22-37/h3-4,7-9,11-12,14-17,28,30-31,37H,1-2,5-6,10,13,18-25H2,(H,35,40)/t28-,30+,31+/m1/s1. The average Bonchev–Trinajstić information content (AvgIpc) is 3.01. The van der Waals surface area contributed by atoms with Crippen molar-refractivity contribution >= 4 is 17.8 Å². The molecule has 3 rings (SSSR count). The second-order valence-corrected chi connectivity index (χ2v) is 10.7. The Kier molecular flexibility index (Phi) is 14.0. The Balaban J connectivity index is 1.62. The van der Waals surface area contributed by atoms with Gasteiger partial charge in [-0.05, 0) is 48.8 Å². The number of hydrogen-bond acceptors (Lipinski definition) is 6. The Bertz CT molecular complexity index is 1170. The fourth-order valence-corrected chi connectivity index (χ4v) is 5.02. The molecular formula is C34H44N2O6. The van der Waals surface area contributed by atoms with Gasteiger partial charge in [-0.25, -0.2) is 0 Å². The van der Waals surface area contributed by atoms with Crippen LogP contribution >= 0.6 is 0 Å². The summed E-state index contributed by atoms with van der Waals surface area (Å²) in [6.45, 7) is 8.15. The van der Waals surface area contributed by atoms with E-state index >= 15 is 0 Å². The number of esters is 1. The van der Waals surface area contributed by atoms with Crippen molar-refractivity contribution in [2.45, 2.75) is 70.2 Å². The van der Waals surface area contributed by atoms with Gasteiger partial charge < -0.3 is 24.8 Å². The van der Waals surface area contributed by atoms with Crippen LogP contribution in [-0.2, 0) is 43.4 Å². The summed E-state index contributed by atoms with van der Waals surface area (Å²) in [7, 11) is 0. The second-order valence-electron chi connectivity index (χ2n) is 10.7. The summed E-state index contributed by atoms with van der Waals surface area (Å²) < 4.78 is 11.3.